The van der Waals surface area contributed by atoms with Crippen molar-refractivity contribution in [1.29, 1.82) is 0 Å². The number of anilines is 1. The zero-order chi connectivity index (χ0) is 20.5. The van der Waals surface area contributed by atoms with Gasteiger partial charge >= 0.3 is 0 Å². The second-order valence-electron chi connectivity index (χ2n) is 7.50. The van der Waals surface area contributed by atoms with E-state index < -0.39 is 0 Å². The van der Waals surface area contributed by atoms with Crippen molar-refractivity contribution in [3.63, 3.8) is 0 Å². The highest BCUT2D eigenvalue weighted by Crippen LogP contribution is 2.25. The first-order valence-corrected chi connectivity index (χ1v) is 10.1. The number of piperazine rings is 1. The molecular formula is C24H22FN3O2. The molecule has 152 valence electrons. The van der Waals surface area contributed by atoms with E-state index in [0.717, 1.165) is 11.1 Å². The van der Waals surface area contributed by atoms with Crippen LogP contribution in [0.15, 0.2) is 77.4 Å². The van der Waals surface area contributed by atoms with E-state index in [1.54, 1.807) is 18.4 Å². The van der Waals surface area contributed by atoms with E-state index in [2.05, 4.69) is 0 Å². The fraction of sp³-hybridized carbons (Fsp3) is 0.208. The van der Waals surface area contributed by atoms with Gasteiger partial charge in [0.1, 0.15) is 11.5 Å². The average molecular weight is 403 g/mol. The van der Waals surface area contributed by atoms with Crippen molar-refractivity contribution in [3.8, 4) is 0 Å². The number of hydrogen-bond donors (Lipinski definition) is 0. The van der Waals surface area contributed by atoms with Gasteiger partial charge in [-0.25, -0.2) is 4.39 Å². The first-order valence-electron chi connectivity index (χ1n) is 10.1. The quantitative estimate of drug-likeness (QED) is 0.508. The molecule has 2 aromatic carbocycles. The first kappa shape index (κ1) is 18.5. The van der Waals surface area contributed by atoms with Gasteiger partial charge in [0, 0.05) is 44.9 Å². The van der Waals surface area contributed by atoms with Gasteiger partial charge in [-0.3, -0.25) is 4.79 Å². The number of hydrogen-bond acceptors (Lipinski definition) is 3. The summed E-state index contributed by atoms with van der Waals surface area (Å²) in [4.78, 5) is 17.2. The van der Waals surface area contributed by atoms with Crippen LogP contribution >= 0.6 is 0 Å². The number of benzene rings is 2. The lowest BCUT2D eigenvalue weighted by Gasteiger charge is -2.36. The summed E-state index contributed by atoms with van der Waals surface area (Å²) in [5, 5.41) is 0. The second kappa shape index (κ2) is 7.71. The molecule has 4 aromatic rings. The van der Waals surface area contributed by atoms with Gasteiger partial charge in [-0.2, -0.15) is 0 Å². The Bertz CT molecular complexity index is 1170. The second-order valence-corrected chi connectivity index (χ2v) is 7.50. The number of nitrogens with zero attached hydrogens (tertiary/aromatic N) is 3. The maximum Gasteiger partial charge on any atom is 0.270 e. The van der Waals surface area contributed by atoms with Crippen LogP contribution in [0.3, 0.4) is 0 Å². The summed E-state index contributed by atoms with van der Waals surface area (Å²) in [6, 6.07) is 20.6. The van der Waals surface area contributed by atoms with Crippen LogP contribution in [0.5, 0.6) is 0 Å². The summed E-state index contributed by atoms with van der Waals surface area (Å²) in [7, 11) is 0. The predicted molar refractivity (Wildman–Crippen MR) is 114 cm³/mol. The Morgan fingerprint density at radius 1 is 0.933 bits per heavy atom. The number of carbonyl (C=O) groups is 1. The number of aromatic nitrogens is 1. The normalized spacial score (nSPS) is 14.4. The summed E-state index contributed by atoms with van der Waals surface area (Å²) in [5.74, 6) is -0.250. The van der Waals surface area contributed by atoms with E-state index in [1.807, 2.05) is 62.9 Å². The highest BCUT2D eigenvalue weighted by Gasteiger charge is 2.27. The smallest absolute Gasteiger partial charge is 0.270 e. The minimum atomic E-state index is -0.227. The number of halogens is 1. The van der Waals surface area contributed by atoms with Gasteiger partial charge in [-0.1, -0.05) is 42.5 Å². The van der Waals surface area contributed by atoms with Crippen LogP contribution in [-0.2, 0) is 6.54 Å². The Morgan fingerprint density at radius 3 is 2.43 bits per heavy atom. The summed E-state index contributed by atoms with van der Waals surface area (Å²) in [5.41, 5.74) is 3.95. The fourth-order valence-corrected chi connectivity index (χ4v) is 4.11. The van der Waals surface area contributed by atoms with Crippen molar-refractivity contribution >= 4 is 22.7 Å². The number of carbonyl (C=O) groups excluding carboxylic acids is 1. The van der Waals surface area contributed by atoms with Crippen LogP contribution in [0.1, 0.15) is 16.1 Å². The predicted octanol–water partition coefficient (Wildman–Crippen LogP) is 4.38. The van der Waals surface area contributed by atoms with Gasteiger partial charge in [0.05, 0.1) is 17.5 Å². The highest BCUT2D eigenvalue weighted by molar-refractivity contribution is 5.97. The van der Waals surface area contributed by atoms with Crippen LogP contribution in [0.25, 0.3) is 11.1 Å². The molecule has 0 saturated carbocycles. The standard InChI is InChI=1S/C24H22FN3O2/c25-19-8-4-5-9-20(19)26-11-13-27(14-12-26)24(29)22-16-23-21(10-15-30-23)28(22)17-18-6-2-1-3-7-18/h1-10,15-16H,11-14,17H2. The van der Waals surface area contributed by atoms with Gasteiger partial charge in [-0.05, 0) is 17.7 Å². The molecule has 0 unspecified atom stereocenters. The third kappa shape index (κ3) is 3.34. The van der Waals surface area contributed by atoms with E-state index in [4.69, 9.17) is 4.42 Å². The lowest BCUT2D eigenvalue weighted by molar-refractivity contribution is 0.0736. The maximum atomic E-state index is 14.1. The molecule has 6 heteroatoms. The highest BCUT2D eigenvalue weighted by atomic mass is 19.1. The van der Waals surface area contributed by atoms with Gasteiger partial charge in [0.15, 0.2) is 5.58 Å². The van der Waals surface area contributed by atoms with Gasteiger partial charge in [0.2, 0.25) is 0 Å². The Kier molecular flexibility index (Phi) is 4.75. The molecule has 3 heterocycles. The molecule has 5 nitrogen and oxygen atoms in total. The minimum absolute atomic E-state index is 0.0227. The van der Waals surface area contributed by atoms with Crippen molar-refractivity contribution in [2.24, 2.45) is 0 Å². The Balaban J connectivity index is 1.37. The van der Waals surface area contributed by atoms with Gasteiger partial charge < -0.3 is 18.8 Å². The van der Waals surface area contributed by atoms with Crippen LogP contribution in [0.4, 0.5) is 10.1 Å². The lowest BCUT2D eigenvalue weighted by atomic mass is 10.2. The summed E-state index contributed by atoms with van der Waals surface area (Å²) < 4.78 is 21.7. The minimum Gasteiger partial charge on any atom is -0.463 e. The molecule has 30 heavy (non-hydrogen) atoms. The summed E-state index contributed by atoms with van der Waals surface area (Å²) >= 11 is 0. The SMILES string of the molecule is O=C(c1cc2occc2n1Cc1ccccc1)N1CCN(c2ccccc2F)CC1. The number of amides is 1. The molecule has 0 atom stereocenters. The number of rotatable bonds is 4. The van der Waals surface area contributed by atoms with E-state index >= 15 is 0 Å². The monoisotopic (exact) mass is 403 g/mol. The molecule has 1 fully saturated rings. The number of fused-ring (bicyclic) bond motifs is 1. The largest absolute Gasteiger partial charge is 0.463 e. The molecule has 0 N–H and O–H groups in total. The van der Waals surface area contributed by atoms with E-state index in [-0.39, 0.29) is 11.7 Å². The molecule has 0 bridgehead atoms. The zero-order valence-electron chi connectivity index (χ0n) is 16.5. The maximum absolute atomic E-state index is 14.1. The van der Waals surface area contributed by atoms with E-state index in [1.165, 1.54) is 6.07 Å². The molecule has 1 saturated heterocycles. The third-order valence-corrected chi connectivity index (χ3v) is 5.69. The molecule has 0 spiro atoms. The zero-order valence-corrected chi connectivity index (χ0v) is 16.5. The molecule has 0 radical (unpaired) electrons. The van der Waals surface area contributed by atoms with Gasteiger partial charge in [-0.15, -0.1) is 0 Å². The molecule has 1 aliphatic heterocycles. The van der Waals surface area contributed by atoms with Crippen molar-refractivity contribution in [2.45, 2.75) is 6.54 Å². The Hall–Kier alpha value is -3.54. The van der Waals surface area contributed by atoms with Crippen molar-refractivity contribution in [2.75, 3.05) is 31.1 Å². The molecular weight excluding hydrogens is 381 g/mol. The van der Waals surface area contributed by atoms with Crippen molar-refractivity contribution < 1.29 is 13.6 Å². The Labute approximate surface area is 173 Å². The van der Waals surface area contributed by atoms with Crippen molar-refractivity contribution in [3.05, 3.63) is 90.1 Å². The Morgan fingerprint density at radius 2 is 1.67 bits per heavy atom. The summed E-state index contributed by atoms with van der Waals surface area (Å²) in [6.07, 6.45) is 1.65. The molecule has 1 aliphatic rings. The molecule has 5 rings (SSSR count). The van der Waals surface area contributed by atoms with Gasteiger partial charge in [0.25, 0.3) is 5.91 Å². The number of furan rings is 1. The molecule has 1 amide bonds. The van der Waals surface area contributed by atoms with Crippen LogP contribution in [0, 0.1) is 5.82 Å². The topological polar surface area (TPSA) is 41.6 Å². The van der Waals surface area contributed by atoms with Crippen molar-refractivity contribution in [1.82, 2.24) is 9.47 Å². The molecule has 0 aliphatic carbocycles. The average Bonchev–Trinajstić information content (AvgIpc) is 3.37. The molecule has 2 aromatic heterocycles. The summed E-state index contributed by atoms with van der Waals surface area (Å²) in [6.45, 7) is 2.89. The fourth-order valence-electron chi connectivity index (χ4n) is 4.11. The number of para-hydroxylation sites is 1. The van der Waals surface area contributed by atoms with Crippen LogP contribution in [0.2, 0.25) is 0 Å². The van der Waals surface area contributed by atoms with Crippen LogP contribution < -0.4 is 4.90 Å². The third-order valence-electron chi connectivity index (χ3n) is 5.69. The first-order chi connectivity index (χ1) is 14.7. The lowest BCUT2D eigenvalue weighted by Crippen LogP contribution is -2.49. The van der Waals surface area contributed by atoms with E-state index in [0.29, 0.717) is 49.7 Å². The van der Waals surface area contributed by atoms with E-state index in [9.17, 15) is 9.18 Å². The van der Waals surface area contributed by atoms with Crippen LogP contribution in [-0.4, -0.2) is 41.6 Å².